The lowest BCUT2D eigenvalue weighted by molar-refractivity contribution is 1.12. The van der Waals surface area contributed by atoms with Crippen molar-refractivity contribution in [2.45, 2.75) is 0 Å². The molecule has 0 unspecified atom stereocenters. The van der Waals surface area contributed by atoms with Gasteiger partial charge in [0, 0.05) is 19.6 Å². The van der Waals surface area contributed by atoms with Gasteiger partial charge in [0.1, 0.15) is 0 Å². The minimum absolute atomic E-state index is 1.12. The molecule has 0 amide bonds. The van der Waals surface area contributed by atoms with Crippen molar-refractivity contribution in [1.29, 1.82) is 0 Å². The van der Waals surface area contributed by atoms with E-state index in [1.807, 2.05) is 0 Å². The first-order valence-electron chi connectivity index (χ1n) is 5.27. The van der Waals surface area contributed by atoms with Crippen LogP contribution in [0.25, 0.3) is 16.6 Å². The van der Waals surface area contributed by atoms with Crippen molar-refractivity contribution in [3.8, 4) is 5.69 Å². The van der Waals surface area contributed by atoms with Crippen LogP contribution in [0.5, 0.6) is 0 Å². The summed E-state index contributed by atoms with van der Waals surface area (Å²) in [6, 6.07) is 16.9. The molecule has 2 aromatic carbocycles. The summed E-state index contributed by atoms with van der Waals surface area (Å²) in [5.74, 6) is 0. The Morgan fingerprint density at radius 3 is 2.65 bits per heavy atom. The first kappa shape index (κ1) is 11.3. The lowest BCUT2D eigenvalue weighted by Gasteiger charge is -2.07. The summed E-state index contributed by atoms with van der Waals surface area (Å²) in [6.45, 7) is 0. The van der Waals surface area contributed by atoms with Gasteiger partial charge in [0.05, 0.1) is 11.2 Å². The number of fused-ring (bicyclic) bond motifs is 1. The average molecular weight is 398 g/mol. The zero-order chi connectivity index (χ0) is 11.8. The molecule has 0 atom stereocenters. The van der Waals surface area contributed by atoms with Crippen LogP contribution in [0.2, 0.25) is 0 Å². The summed E-state index contributed by atoms with van der Waals surface area (Å²) in [5.41, 5.74) is 2.46. The van der Waals surface area contributed by atoms with Gasteiger partial charge < -0.3 is 4.57 Å². The number of benzene rings is 2. The largest absolute Gasteiger partial charge is 0.315 e. The van der Waals surface area contributed by atoms with E-state index in [0.717, 1.165) is 4.47 Å². The minimum atomic E-state index is 1.12. The molecule has 1 heterocycles. The quantitative estimate of drug-likeness (QED) is 0.509. The van der Waals surface area contributed by atoms with Gasteiger partial charge in [0.2, 0.25) is 0 Å². The van der Waals surface area contributed by atoms with Crippen LogP contribution in [0.1, 0.15) is 0 Å². The molecule has 0 aliphatic rings. The maximum absolute atomic E-state index is 3.50. The molecule has 0 spiro atoms. The fourth-order valence-corrected chi connectivity index (χ4v) is 3.00. The van der Waals surface area contributed by atoms with E-state index in [1.54, 1.807) is 0 Å². The second-order valence-electron chi connectivity index (χ2n) is 3.84. The predicted octanol–water partition coefficient (Wildman–Crippen LogP) is 5.00. The highest BCUT2D eigenvalue weighted by atomic mass is 127. The minimum Gasteiger partial charge on any atom is -0.315 e. The van der Waals surface area contributed by atoms with Crippen molar-refractivity contribution in [2.75, 3.05) is 0 Å². The Morgan fingerprint density at radius 1 is 1.00 bits per heavy atom. The fourth-order valence-electron chi connectivity index (χ4n) is 1.97. The molecule has 0 aliphatic heterocycles. The molecule has 0 N–H and O–H groups in total. The molecule has 0 bridgehead atoms. The number of hydrogen-bond acceptors (Lipinski definition) is 0. The highest BCUT2D eigenvalue weighted by Gasteiger charge is 2.05. The second-order valence-corrected chi connectivity index (χ2v) is 5.92. The second kappa shape index (κ2) is 4.46. The van der Waals surface area contributed by atoms with Crippen molar-refractivity contribution in [3.05, 3.63) is 62.8 Å². The Hall–Kier alpha value is -0.810. The van der Waals surface area contributed by atoms with Gasteiger partial charge in [-0.25, -0.2) is 0 Å². The Bertz CT molecular complexity index is 688. The lowest BCUT2D eigenvalue weighted by Crippen LogP contribution is -1.94. The third-order valence-corrected chi connectivity index (χ3v) is 4.17. The number of rotatable bonds is 1. The summed E-state index contributed by atoms with van der Waals surface area (Å²) in [7, 11) is 0. The first-order valence-corrected chi connectivity index (χ1v) is 7.14. The van der Waals surface area contributed by atoms with Crippen LogP contribution < -0.4 is 0 Å². The summed E-state index contributed by atoms with van der Waals surface area (Å²) in [6.07, 6.45) is 2.12. The van der Waals surface area contributed by atoms with Crippen LogP contribution in [-0.2, 0) is 0 Å². The molecule has 0 aliphatic carbocycles. The molecule has 0 fully saturated rings. The van der Waals surface area contributed by atoms with E-state index < -0.39 is 0 Å². The number of hydrogen-bond donors (Lipinski definition) is 0. The lowest BCUT2D eigenvalue weighted by atomic mass is 10.2. The van der Waals surface area contributed by atoms with Gasteiger partial charge in [-0.3, -0.25) is 0 Å². The Balaban J connectivity index is 2.29. The van der Waals surface area contributed by atoms with Crippen LogP contribution >= 0.6 is 38.5 Å². The maximum atomic E-state index is 3.50. The van der Waals surface area contributed by atoms with Gasteiger partial charge in [-0.15, -0.1) is 0 Å². The molecule has 0 radical (unpaired) electrons. The van der Waals surface area contributed by atoms with Gasteiger partial charge in [-0.1, -0.05) is 28.1 Å². The van der Waals surface area contributed by atoms with Crippen LogP contribution in [-0.4, -0.2) is 4.57 Å². The molecule has 3 aromatic rings. The van der Waals surface area contributed by atoms with E-state index in [2.05, 4.69) is 97.8 Å². The average Bonchev–Trinajstić information content (AvgIpc) is 2.72. The molecule has 0 saturated heterocycles. The van der Waals surface area contributed by atoms with Crippen LogP contribution in [0.3, 0.4) is 0 Å². The predicted molar refractivity (Wildman–Crippen MR) is 83.7 cm³/mol. The Kier molecular flexibility index (Phi) is 2.96. The number of halogens is 2. The summed E-state index contributed by atoms with van der Waals surface area (Å²) in [4.78, 5) is 0. The third kappa shape index (κ3) is 2.02. The molecular formula is C14H9BrIN. The highest BCUT2D eigenvalue weighted by Crippen LogP contribution is 2.25. The van der Waals surface area contributed by atoms with E-state index in [0.29, 0.717) is 0 Å². The third-order valence-electron chi connectivity index (χ3n) is 2.76. The standard InChI is InChI=1S/C14H9BrIN/c15-11-5-6-13-10(9-11)7-8-17(13)14-4-2-1-3-12(14)16/h1-9H. The van der Waals surface area contributed by atoms with Gasteiger partial charge in [0.15, 0.2) is 0 Å². The SMILES string of the molecule is Brc1ccc2c(ccn2-c2ccccc2I)c1. The van der Waals surface area contributed by atoms with E-state index in [9.17, 15) is 0 Å². The van der Waals surface area contributed by atoms with Gasteiger partial charge in [-0.2, -0.15) is 0 Å². The highest BCUT2D eigenvalue weighted by molar-refractivity contribution is 14.1. The smallest absolute Gasteiger partial charge is 0.0589 e. The molecule has 1 nitrogen and oxygen atoms in total. The van der Waals surface area contributed by atoms with Gasteiger partial charge >= 0.3 is 0 Å². The van der Waals surface area contributed by atoms with Gasteiger partial charge in [-0.05, 0) is 59.0 Å². The van der Waals surface area contributed by atoms with Crippen molar-refractivity contribution in [1.82, 2.24) is 4.57 Å². The Morgan fingerprint density at radius 2 is 1.82 bits per heavy atom. The van der Waals surface area contributed by atoms with E-state index in [1.165, 1.54) is 20.2 Å². The molecular weight excluding hydrogens is 389 g/mol. The van der Waals surface area contributed by atoms with E-state index in [-0.39, 0.29) is 0 Å². The maximum Gasteiger partial charge on any atom is 0.0589 e. The fraction of sp³-hybridized carbons (Fsp3) is 0. The first-order chi connectivity index (χ1) is 8.25. The van der Waals surface area contributed by atoms with Crippen molar-refractivity contribution in [2.24, 2.45) is 0 Å². The zero-order valence-corrected chi connectivity index (χ0v) is 12.6. The van der Waals surface area contributed by atoms with Crippen LogP contribution in [0.4, 0.5) is 0 Å². The summed E-state index contributed by atoms with van der Waals surface area (Å²) < 4.78 is 4.60. The summed E-state index contributed by atoms with van der Waals surface area (Å²) >= 11 is 5.87. The van der Waals surface area contributed by atoms with Crippen molar-refractivity contribution < 1.29 is 0 Å². The van der Waals surface area contributed by atoms with Crippen molar-refractivity contribution in [3.63, 3.8) is 0 Å². The molecule has 0 saturated carbocycles. The number of aromatic nitrogens is 1. The monoisotopic (exact) mass is 397 g/mol. The molecule has 17 heavy (non-hydrogen) atoms. The molecule has 1 aromatic heterocycles. The van der Waals surface area contributed by atoms with Crippen LogP contribution in [0.15, 0.2) is 59.2 Å². The van der Waals surface area contributed by atoms with E-state index in [4.69, 9.17) is 0 Å². The molecule has 84 valence electrons. The molecule has 3 rings (SSSR count). The zero-order valence-electron chi connectivity index (χ0n) is 8.90. The van der Waals surface area contributed by atoms with Crippen LogP contribution in [0, 0.1) is 3.57 Å². The van der Waals surface area contributed by atoms with Crippen molar-refractivity contribution >= 4 is 49.4 Å². The summed E-state index contributed by atoms with van der Waals surface area (Å²) in [5, 5.41) is 1.25. The topological polar surface area (TPSA) is 4.93 Å². The number of nitrogens with zero attached hydrogens (tertiary/aromatic N) is 1. The van der Waals surface area contributed by atoms with E-state index >= 15 is 0 Å². The number of para-hydroxylation sites is 1. The normalized spacial score (nSPS) is 10.9. The van der Waals surface area contributed by atoms with Gasteiger partial charge in [0.25, 0.3) is 0 Å². The molecule has 3 heteroatoms. The Labute approximate surface area is 122 Å².